The lowest BCUT2D eigenvalue weighted by Crippen LogP contribution is -2.12. The first-order valence-electron chi connectivity index (χ1n) is 5.40. The summed E-state index contributed by atoms with van der Waals surface area (Å²) in [5.74, 6) is -0.536. The second kappa shape index (κ2) is 5.55. The van der Waals surface area contributed by atoms with Crippen LogP contribution < -0.4 is 5.32 Å². The lowest BCUT2D eigenvalue weighted by atomic mass is 10.1. The molecular weight excluding hydrogens is 308 g/mol. The van der Waals surface area contributed by atoms with Crippen molar-refractivity contribution in [2.24, 2.45) is 0 Å². The van der Waals surface area contributed by atoms with E-state index < -0.39 is 5.91 Å². The molecule has 2 aromatic rings. The molecule has 0 radical (unpaired) electrons. The molecule has 0 aliphatic rings. The number of aromatic hydroxyl groups is 1. The van der Waals surface area contributed by atoms with Crippen molar-refractivity contribution in [1.29, 1.82) is 5.26 Å². The number of halogens is 1. The summed E-state index contributed by atoms with van der Waals surface area (Å²) in [6.07, 6.45) is 0. The fourth-order valence-electron chi connectivity index (χ4n) is 1.56. The molecule has 0 spiro atoms. The minimum Gasteiger partial charge on any atom is -0.507 e. The summed E-state index contributed by atoms with van der Waals surface area (Å²) in [5.41, 5.74) is 1.12. The van der Waals surface area contributed by atoms with E-state index in [2.05, 4.69) is 21.2 Å². The third-order valence-corrected chi connectivity index (χ3v) is 2.95. The van der Waals surface area contributed by atoms with Crippen molar-refractivity contribution in [3.63, 3.8) is 0 Å². The van der Waals surface area contributed by atoms with Crippen LogP contribution in [0.15, 0.2) is 46.9 Å². The van der Waals surface area contributed by atoms with Crippen LogP contribution in [-0.2, 0) is 0 Å². The number of carbonyl (C=O) groups excluding carboxylic acids is 1. The van der Waals surface area contributed by atoms with Crippen LogP contribution in [-0.4, -0.2) is 11.0 Å². The molecule has 2 aromatic carbocycles. The standard InChI is InChI=1S/C14H9BrN2O2/c15-10-4-5-13(18)12(7-10)14(19)17-11-3-1-2-9(6-11)8-16/h1-7,18H,(H,17,19). The Morgan fingerprint density at radius 2 is 2.05 bits per heavy atom. The van der Waals surface area contributed by atoms with Crippen molar-refractivity contribution < 1.29 is 9.90 Å². The lowest BCUT2D eigenvalue weighted by Gasteiger charge is -2.07. The van der Waals surface area contributed by atoms with Crippen LogP contribution in [0, 0.1) is 11.3 Å². The van der Waals surface area contributed by atoms with Crippen LogP contribution in [0.3, 0.4) is 0 Å². The number of nitriles is 1. The van der Waals surface area contributed by atoms with Crippen molar-refractivity contribution in [2.45, 2.75) is 0 Å². The van der Waals surface area contributed by atoms with E-state index in [0.717, 1.165) is 0 Å². The van der Waals surface area contributed by atoms with E-state index >= 15 is 0 Å². The molecule has 0 unspecified atom stereocenters. The molecule has 0 bridgehead atoms. The van der Waals surface area contributed by atoms with Gasteiger partial charge < -0.3 is 10.4 Å². The second-order valence-electron chi connectivity index (χ2n) is 3.81. The van der Waals surface area contributed by atoms with Crippen molar-refractivity contribution in [3.8, 4) is 11.8 Å². The molecule has 0 aliphatic heterocycles. The topological polar surface area (TPSA) is 73.1 Å². The van der Waals surface area contributed by atoms with E-state index in [-0.39, 0.29) is 11.3 Å². The van der Waals surface area contributed by atoms with Gasteiger partial charge in [-0.2, -0.15) is 5.26 Å². The third-order valence-electron chi connectivity index (χ3n) is 2.45. The SMILES string of the molecule is N#Cc1cccc(NC(=O)c2cc(Br)ccc2O)c1. The Balaban J connectivity index is 2.26. The van der Waals surface area contributed by atoms with Gasteiger partial charge in [-0.3, -0.25) is 4.79 Å². The number of carbonyl (C=O) groups is 1. The highest BCUT2D eigenvalue weighted by Gasteiger charge is 2.11. The van der Waals surface area contributed by atoms with Crippen molar-refractivity contribution in [1.82, 2.24) is 0 Å². The number of nitrogens with one attached hydrogen (secondary N) is 1. The molecule has 0 heterocycles. The monoisotopic (exact) mass is 316 g/mol. The first kappa shape index (κ1) is 13.1. The van der Waals surface area contributed by atoms with Gasteiger partial charge in [-0.1, -0.05) is 22.0 Å². The highest BCUT2D eigenvalue weighted by molar-refractivity contribution is 9.10. The molecule has 1 amide bonds. The Kier molecular flexibility index (Phi) is 3.83. The number of nitrogens with zero attached hydrogens (tertiary/aromatic N) is 1. The zero-order valence-corrected chi connectivity index (χ0v) is 11.3. The summed E-state index contributed by atoms with van der Waals surface area (Å²) in [6, 6.07) is 13.2. The quantitative estimate of drug-likeness (QED) is 0.893. The van der Waals surface area contributed by atoms with Gasteiger partial charge in [-0.15, -0.1) is 0 Å². The van der Waals surface area contributed by atoms with E-state index in [9.17, 15) is 9.90 Å². The van der Waals surface area contributed by atoms with E-state index in [1.165, 1.54) is 12.1 Å². The van der Waals surface area contributed by atoms with E-state index in [0.29, 0.717) is 15.7 Å². The number of amides is 1. The van der Waals surface area contributed by atoms with Gasteiger partial charge in [0.05, 0.1) is 17.2 Å². The lowest BCUT2D eigenvalue weighted by molar-refractivity contribution is 0.102. The van der Waals surface area contributed by atoms with Crippen LogP contribution >= 0.6 is 15.9 Å². The predicted molar refractivity (Wildman–Crippen MR) is 74.9 cm³/mol. The Bertz CT molecular complexity index is 677. The minimum absolute atomic E-state index is 0.0999. The van der Waals surface area contributed by atoms with Gasteiger partial charge >= 0.3 is 0 Å². The van der Waals surface area contributed by atoms with Crippen molar-refractivity contribution in [2.75, 3.05) is 5.32 Å². The molecule has 94 valence electrons. The van der Waals surface area contributed by atoms with E-state index in [4.69, 9.17) is 5.26 Å². The average Bonchev–Trinajstić information content (AvgIpc) is 2.41. The van der Waals surface area contributed by atoms with E-state index in [1.54, 1.807) is 30.3 Å². The Hall–Kier alpha value is -2.32. The smallest absolute Gasteiger partial charge is 0.259 e. The Labute approximate surface area is 118 Å². The molecule has 0 fully saturated rings. The van der Waals surface area contributed by atoms with Crippen LogP contribution in [0.2, 0.25) is 0 Å². The van der Waals surface area contributed by atoms with Gasteiger partial charge in [0.15, 0.2) is 0 Å². The third kappa shape index (κ3) is 3.12. The number of hydrogen-bond donors (Lipinski definition) is 2. The van der Waals surface area contributed by atoms with Gasteiger partial charge in [-0.05, 0) is 36.4 Å². The number of phenolic OH excluding ortho intramolecular Hbond substituents is 1. The van der Waals surface area contributed by atoms with Gasteiger partial charge in [0, 0.05) is 10.2 Å². The molecule has 4 nitrogen and oxygen atoms in total. The summed E-state index contributed by atoms with van der Waals surface area (Å²) in [4.78, 5) is 12.0. The molecule has 0 saturated carbocycles. The number of anilines is 1. The van der Waals surface area contributed by atoms with Crippen LogP contribution in [0.1, 0.15) is 15.9 Å². The molecule has 0 atom stereocenters. The minimum atomic E-state index is -0.436. The van der Waals surface area contributed by atoms with Crippen molar-refractivity contribution in [3.05, 3.63) is 58.1 Å². The summed E-state index contributed by atoms with van der Waals surface area (Å²) < 4.78 is 0.696. The van der Waals surface area contributed by atoms with Crippen LogP contribution in [0.4, 0.5) is 5.69 Å². The van der Waals surface area contributed by atoms with Gasteiger partial charge in [-0.25, -0.2) is 0 Å². The molecule has 19 heavy (non-hydrogen) atoms. The molecule has 2 rings (SSSR count). The summed E-state index contributed by atoms with van der Waals surface area (Å²) >= 11 is 3.24. The van der Waals surface area contributed by atoms with Gasteiger partial charge in [0.25, 0.3) is 5.91 Å². The Morgan fingerprint density at radius 1 is 1.26 bits per heavy atom. The molecular formula is C14H9BrN2O2. The highest BCUT2D eigenvalue weighted by atomic mass is 79.9. The fourth-order valence-corrected chi connectivity index (χ4v) is 1.92. The largest absolute Gasteiger partial charge is 0.507 e. The van der Waals surface area contributed by atoms with E-state index in [1.807, 2.05) is 6.07 Å². The molecule has 2 N–H and O–H groups in total. The summed E-state index contributed by atoms with van der Waals surface area (Å²) in [5, 5.41) is 21.1. The zero-order chi connectivity index (χ0) is 13.8. The van der Waals surface area contributed by atoms with Gasteiger partial charge in [0.2, 0.25) is 0 Å². The van der Waals surface area contributed by atoms with Crippen LogP contribution in [0.5, 0.6) is 5.75 Å². The number of benzene rings is 2. The number of rotatable bonds is 2. The summed E-state index contributed by atoms with van der Waals surface area (Å²) in [7, 11) is 0. The molecule has 0 aromatic heterocycles. The zero-order valence-electron chi connectivity index (χ0n) is 9.72. The van der Waals surface area contributed by atoms with Crippen LogP contribution in [0.25, 0.3) is 0 Å². The molecule has 0 saturated heterocycles. The maximum atomic E-state index is 12.0. The maximum absolute atomic E-state index is 12.0. The van der Waals surface area contributed by atoms with Crippen molar-refractivity contribution >= 4 is 27.5 Å². The van der Waals surface area contributed by atoms with Gasteiger partial charge in [0.1, 0.15) is 5.75 Å². The summed E-state index contributed by atoms with van der Waals surface area (Å²) in [6.45, 7) is 0. The first-order valence-corrected chi connectivity index (χ1v) is 6.19. The maximum Gasteiger partial charge on any atom is 0.259 e. The average molecular weight is 317 g/mol. The second-order valence-corrected chi connectivity index (χ2v) is 4.72. The highest BCUT2D eigenvalue weighted by Crippen LogP contribution is 2.23. The Morgan fingerprint density at radius 3 is 2.79 bits per heavy atom. The molecule has 0 aliphatic carbocycles. The number of hydrogen-bond acceptors (Lipinski definition) is 3. The molecule has 5 heteroatoms. The fraction of sp³-hybridized carbons (Fsp3) is 0. The first-order chi connectivity index (χ1) is 9.10. The number of phenols is 1. The normalized spacial score (nSPS) is 9.68. The predicted octanol–water partition coefficient (Wildman–Crippen LogP) is 3.28.